The quantitative estimate of drug-likeness (QED) is 0.904. The van der Waals surface area contributed by atoms with Gasteiger partial charge in [0.2, 0.25) is 5.91 Å². The van der Waals surface area contributed by atoms with Crippen molar-refractivity contribution in [2.75, 3.05) is 19.0 Å². The molecule has 6 heteroatoms. The Kier molecular flexibility index (Phi) is 4.65. The van der Waals surface area contributed by atoms with Crippen LogP contribution in [0.2, 0.25) is 0 Å². The molecule has 2 aromatic rings. The number of methoxy groups -OCH3 is 1. The van der Waals surface area contributed by atoms with E-state index in [1.165, 1.54) is 0 Å². The summed E-state index contributed by atoms with van der Waals surface area (Å²) in [5.41, 5.74) is 2.03. The molecule has 0 spiro atoms. The molecule has 2 amide bonds. The second-order valence-electron chi connectivity index (χ2n) is 5.39. The summed E-state index contributed by atoms with van der Waals surface area (Å²) in [4.78, 5) is 23.8. The Labute approximate surface area is 139 Å². The van der Waals surface area contributed by atoms with Crippen LogP contribution in [0.5, 0.6) is 11.5 Å². The molecule has 2 aromatic carbocycles. The summed E-state index contributed by atoms with van der Waals surface area (Å²) in [5, 5.41) is 5.66. The first-order valence-electron chi connectivity index (χ1n) is 7.63. The molecule has 0 saturated heterocycles. The lowest BCUT2D eigenvalue weighted by molar-refractivity contribution is -0.116. The first-order valence-corrected chi connectivity index (χ1v) is 7.63. The van der Waals surface area contributed by atoms with Crippen molar-refractivity contribution in [3.05, 3.63) is 53.6 Å². The second kappa shape index (κ2) is 7.04. The fraction of sp³-hybridized carbons (Fsp3) is 0.222. The van der Waals surface area contributed by atoms with Gasteiger partial charge in [0.15, 0.2) is 0 Å². The molecule has 0 aliphatic carbocycles. The van der Waals surface area contributed by atoms with E-state index in [1.807, 2.05) is 12.1 Å². The SMILES string of the molecule is COc1cccc(C(=O)NCc2ccc3c(c2)NC(=O)CCO3)c1. The number of nitrogens with one attached hydrogen (secondary N) is 2. The summed E-state index contributed by atoms with van der Waals surface area (Å²) in [6, 6.07) is 12.4. The van der Waals surface area contributed by atoms with Crippen molar-refractivity contribution < 1.29 is 19.1 Å². The zero-order valence-corrected chi connectivity index (χ0v) is 13.3. The Morgan fingerprint density at radius 3 is 3.00 bits per heavy atom. The number of carbonyl (C=O) groups excluding carboxylic acids is 2. The van der Waals surface area contributed by atoms with Crippen LogP contribution < -0.4 is 20.1 Å². The van der Waals surface area contributed by atoms with Crippen LogP contribution in [-0.4, -0.2) is 25.5 Å². The maximum Gasteiger partial charge on any atom is 0.251 e. The highest BCUT2D eigenvalue weighted by Crippen LogP contribution is 2.28. The first kappa shape index (κ1) is 15.9. The van der Waals surface area contributed by atoms with Gasteiger partial charge in [0.1, 0.15) is 11.5 Å². The van der Waals surface area contributed by atoms with E-state index in [0.29, 0.717) is 42.3 Å². The minimum Gasteiger partial charge on any atom is -0.497 e. The molecule has 124 valence electrons. The van der Waals surface area contributed by atoms with E-state index in [9.17, 15) is 9.59 Å². The van der Waals surface area contributed by atoms with Crippen LogP contribution in [0.1, 0.15) is 22.3 Å². The van der Waals surface area contributed by atoms with Crippen molar-refractivity contribution in [3.63, 3.8) is 0 Å². The first-order chi connectivity index (χ1) is 11.7. The number of ether oxygens (including phenoxy) is 2. The maximum absolute atomic E-state index is 12.2. The zero-order chi connectivity index (χ0) is 16.9. The number of amides is 2. The third-order valence-electron chi connectivity index (χ3n) is 3.69. The molecule has 0 fully saturated rings. The van der Waals surface area contributed by atoms with E-state index in [4.69, 9.17) is 9.47 Å². The number of carbonyl (C=O) groups is 2. The van der Waals surface area contributed by atoms with Gasteiger partial charge >= 0.3 is 0 Å². The zero-order valence-electron chi connectivity index (χ0n) is 13.3. The fourth-order valence-electron chi connectivity index (χ4n) is 2.43. The predicted octanol–water partition coefficient (Wildman–Crippen LogP) is 2.35. The molecule has 6 nitrogen and oxygen atoms in total. The molecule has 3 rings (SSSR count). The van der Waals surface area contributed by atoms with Crippen LogP contribution in [0, 0.1) is 0 Å². The molecule has 0 bridgehead atoms. The van der Waals surface area contributed by atoms with Gasteiger partial charge in [-0.15, -0.1) is 0 Å². The van der Waals surface area contributed by atoms with E-state index in [-0.39, 0.29) is 11.8 Å². The Morgan fingerprint density at radius 1 is 1.29 bits per heavy atom. The molecule has 1 aliphatic heterocycles. The van der Waals surface area contributed by atoms with Gasteiger partial charge in [-0.2, -0.15) is 0 Å². The molecular formula is C18H18N2O4. The number of hydrogen-bond acceptors (Lipinski definition) is 4. The van der Waals surface area contributed by atoms with E-state index in [1.54, 1.807) is 37.4 Å². The van der Waals surface area contributed by atoms with Gasteiger partial charge in [0.25, 0.3) is 5.91 Å². The fourth-order valence-corrected chi connectivity index (χ4v) is 2.43. The lowest BCUT2D eigenvalue weighted by Gasteiger charge is -2.10. The third-order valence-corrected chi connectivity index (χ3v) is 3.69. The number of fused-ring (bicyclic) bond motifs is 1. The molecule has 0 aromatic heterocycles. The van der Waals surface area contributed by atoms with Gasteiger partial charge in [0.05, 0.1) is 25.8 Å². The number of rotatable bonds is 4. The van der Waals surface area contributed by atoms with Gasteiger partial charge in [0, 0.05) is 12.1 Å². The number of hydrogen-bond donors (Lipinski definition) is 2. The molecule has 24 heavy (non-hydrogen) atoms. The van der Waals surface area contributed by atoms with Crippen molar-refractivity contribution >= 4 is 17.5 Å². The van der Waals surface area contributed by atoms with E-state index in [2.05, 4.69) is 10.6 Å². The second-order valence-corrected chi connectivity index (χ2v) is 5.39. The molecule has 2 N–H and O–H groups in total. The Balaban J connectivity index is 1.68. The lowest BCUT2D eigenvalue weighted by Crippen LogP contribution is -2.22. The standard InChI is InChI=1S/C18H18N2O4/c1-23-14-4-2-3-13(10-14)18(22)19-11-12-5-6-16-15(9-12)20-17(21)7-8-24-16/h2-6,9-10H,7-8,11H2,1H3,(H,19,22)(H,20,21). The average Bonchev–Trinajstić information content (AvgIpc) is 2.79. The van der Waals surface area contributed by atoms with Crippen LogP contribution >= 0.6 is 0 Å². The van der Waals surface area contributed by atoms with E-state index >= 15 is 0 Å². The normalized spacial score (nSPS) is 13.1. The molecule has 1 heterocycles. The van der Waals surface area contributed by atoms with Crippen LogP contribution in [-0.2, 0) is 11.3 Å². The average molecular weight is 326 g/mol. The van der Waals surface area contributed by atoms with Crippen LogP contribution in [0.3, 0.4) is 0 Å². The Hall–Kier alpha value is -3.02. The van der Waals surface area contributed by atoms with Crippen molar-refractivity contribution in [3.8, 4) is 11.5 Å². The maximum atomic E-state index is 12.2. The van der Waals surface area contributed by atoms with Crippen molar-refractivity contribution in [2.24, 2.45) is 0 Å². The summed E-state index contributed by atoms with van der Waals surface area (Å²) in [6.07, 6.45) is 0.330. The Bertz CT molecular complexity index is 773. The molecule has 0 unspecified atom stereocenters. The molecule has 0 atom stereocenters. The Morgan fingerprint density at radius 2 is 2.17 bits per heavy atom. The van der Waals surface area contributed by atoms with Crippen molar-refractivity contribution in [1.82, 2.24) is 5.32 Å². The highest BCUT2D eigenvalue weighted by Gasteiger charge is 2.14. The van der Waals surface area contributed by atoms with Gasteiger partial charge < -0.3 is 20.1 Å². The predicted molar refractivity (Wildman–Crippen MR) is 89.3 cm³/mol. The number of anilines is 1. The molecule has 0 radical (unpaired) electrons. The number of benzene rings is 2. The van der Waals surface area contributed by atoms with Gasteiger partial charge in [-0.05, 0) is 35.9 Å². The van der Waals surface area contributed by atoms with Crippen LogP contribution in [0.15, 0.2) is 42.5 Å². The minimum absolute atomic E-state index is 0.0775. The van der Waals surface area contributed by atoms with Gasteiger partial charge in [-0.3, -0.25) is 9.59 Å². The van der Waals surface area contributed by atoms with Gasteiger partial charge in [-0.1, -0.05) is 12.1 Å². The largest absolute Gasteiger partial charge is 0.497 e. The summed E-state index contributed by atoms with van der Waals surface area (Å²) in [5.74, 6) is 1.01. The van der Waals surface area contributed by atoms with Gasteiger partial charge in [-0.25, -0.2) is 0 Å². The van der Waals surface area contributed by atoms with Crippen LogP contribution in [0.25, 0.3) is 0 Å². The summed E-state index contributed by atoms with van der Waals surface area (Å²) in [6.45, 7) is 0.712. The van der Waals surface area contributed by atoms with Crippen LogP contribution in [0.4, 0.5) is 5.69 Å². The van der Waals surface area contributed by atoms with Crippen molar-refractivity contribution in [2.45, 2.75) is 13.0 Å². The highest BCUT2D eigenvalue weighted by atomic mass is 16.5. The molecule has 1 aliphatic rings. The van der Waals surface area contributed by atoms with Crippen molar-refractivity contribution in [1.29, 1.82) is 0 Å². The highest BCUT2D eigenvalue weighted by molar-refractivity contribution is 5.95. The third kappa shape index (κ3) is 3.65. The molecular weight excluding hydrogens is 308 g/mol. The van der Waals surface area contributed by atoms with E-state index < -0.39 is 0 Å². The molecule has 0 saturated carbocycles. The minimum atomic E-state index is -0.191. The van der Waals surface area contributed by atoms with E-state index in [0.717, 1.165) is 5.56 Å². The lowest BCUT2D eigenvalue weighted by atomic mass is 10.1. The smallest absolute Gasteiger partial charge is 0.251 e. The summed E-state index contributed by atoms with van der Waals surface area (Å²) >= 11 is 0. The topological polar surface area (TPSA) is 76.7 Å². The monoisotopic (exact) mass is 326 g/mol. The summed E-state index contributed by atoms with van der Waals surface area (Å²) in [7, 11) is 1.56. The summed E-state index contributed by atoms with van der Waals surface area (Å²) < 4.78 is 10.6.